The summed E-state index contributed by atoms with van der Waals surface area (Å²) in [7, 11) is 0. The smallest absolute Gasteiger partial charge is 0.338 e. The van der Waals surface area contributed by atoms with Crippen LogP contribution in [0.5, 0.6) is 0 Å². The van der Waals surface area contributed by atoms with E-state index in [2.05, 4.69) is 15.3 Å². The number of halogens is 3. The van der Waals surface area contributed by atoms with Gasteiger partial charge in [-0.1, -0.05) is 29.3 Å². The first-order chi connectivity index (χ1) is 16.0. The summed E-state index contributed by atoms with van der Waals surface area (Å²) in [6.45, 7) is 5.36. The molecule has 3 aromatic carbocycles. The summed E-state index contributed by atoms with van der Waals surface area (Å²) < 4.78 is 19.6. The van der Waals surface area contributed by atoms with Crippen LogP contribution in [0.1, 0.15) is 41.5 Å². The van der Waals surface area contributed by atoms with Gasteiger partial charge in [0.25, 0.3) is 5.91 Å². The van der Waals surface area contributed by atoms with Crippen molar-refractivity contribution in [1.29, 1.82) is 0 Å². The molecule has 0 aliphatic rings. The van der Waals surface area contributed by atoms with E-state index in [0.29, 0.717) is 22.3 Å². The molecule has 9 heteroatoms. The number of hydrogen-bond acceptors (Lipinski definition) is 4. The summed E-state index contributed by atoms with van der Waals surface area (Å²) in [4.78, 5) is 32.3. The van der Waals surface area contributed by atoms with Gasteiger partial charge in [-0.2, -0.15) is 0 Å². The Morgan fingerprint density at radius 2 is 1.71 bits per heavy atom. The Morgan fingerprint density at radius 3 is 2.35 bits per heavy atom. The highest BCUT2D eigenvalue weighted by molar-refractivity contribution is 6.36. The van der Waals surface area contributed by atoms with Crippen molar-refractivity contribution in [2.75, 3.05) is 5.32 Å². The number of nitrogens with zero attached hydrogens (tertiary/aromatic N) is 1. The van der Waals surface area contributed by atoms with E-state index in [1.54, 1.807) is 57.2 Å². The molecule has 0 aliphatic carbocycles. The molecular weight excluding hydrogens is 480 g/mol. The molecular formula is C25H20Cl2FN3O3. The van der Waals surface area contributed by atoms with E-state index in [0.717, 1.165) is 0 Å². The molecule has 1 amide bonds. The predicted molar refractivity (Wildman–Crippen MR) is 131 cm³/mol. The lowest BCUT2D eigenvalue weighted by Crippen LogP contribution is -2.23. The number of carbonyl (C=O) groups excluding carboxylic acids is 2. The number of carbonyl (C=O) groups is 2. The number of aromatic amines is 1. The minimum Gasteiger partial charge on any atom is -0.456 e. The van der Waals surface area contributed by atoms with Crippen LogP contribution < -0.4 is 5.32 Å². The Labute approximate surface area is 205 Å². The molecule has 4 rings (SSSR count). The van der Waals surface area contributed by atoms with Gasteiger partial charge < -0.3 is 15.0 Å². The van der Waals surface area contributed by atoms with Gasteiger partial charge in [-0.25, -0.2) is 14.2 Å². The van der Waals surface area contributed by atoms with E-state index in [9.17, 15) is 14.0 Å². The van der Waals surface area contributed by atoms with Crippen molar-refractivity contribution in [2.24, 2.45) is 0 Å². The van der Waals surface area contributed by atoms with Crippen LogP contribution in [0.4, 0.5) is 10.1 Å². The largest absolute Gasteiger partial charge is 0.456 e. The Balaban J connectivity index is 1.57. The zero-order valence-corrected chi connectivity index (χ0v) is 20.0. The minimum atomic E-state index is -0.605. The molecule has 0 atom stereocenters. The fourth-order valence-electron chi connectivity index (χ4n) is 3.28. The predicted octanol–water partition coefficient (Wildman–Crippen LogP) is 6.88. The number of hydrogen-bond donors (Lipinski definition) is 2. The van der Waals surface area contributed by atoms with Crippen molar-refractivity contribution in [2.45, 2.75) is 26.4 Å². The number of aromatic nitrogens is 2. The molecule has 1 heterocycles. The number of nitrogens with one attached hydrogen (secondary N) is 2. The van der Waals surface area contributed by atoms with Crippen molar-refractivity contribution < 1.29 is 18.7 Å². The zero-order chi connectivity index (χ0) is 24.6. The molecule has 0 unspecified atom stereocenters. The average molecular weight is 500 g/mol. The van der Waals surface area contributed by atoms with Gasteiger partial charge in [0.2, 0.25) is 0 Å². The maximum absolute atomic E-state index is 14.3. The van der Waals surface area contributed by atoms with E-state index in [1.807, 2.05) is 0 Å². The molecule has 0 spiro atoms. The standard InChI is InChI=1S/C25H20Cl2FN3O3/c1-25(2,3)34-24(33)13-7-9-15(10-8-13)29-23(32)14-11-17(27)21-19(12-14)30-22(31-21)20-16(26)5-4-6-18(20)28/h4-12H,1-3H3,(H,29,32)(H,30,31). The molecule has 0 saturated carbocycles. The molecule has 4 aromatic rings. The van der Waals surface area contributed by atoms with Crippen LogP contribution in [0.15, 0.2) is 54.6 Å². The van der Waals surface area contributed by atoms with Gasteiger partial charge in [0, 0.05) is 11.3 Å². The molecule has 0 aliphatic heterocycles. The molecule has 0 bridgehead atoms. The summed E-state index contributed by atoms with van der Waals surface area (Å²) in [6, 6.07) is 13.7. The van der Waals surface area contributed by atoms with Crippen LogP contribution in [0, 0.1) is 5.82 Å². The van der Waals surface area contributed by atoms with E-state index < -0.39 is 23.3 Å². The second-order valence-electron chi connectivity index (χ2n) is 8.57. The van der Waals surface area contributed by atoms with Crippen LogP contribution in [0.25, 0.3) is 22.4 Å². The molecule has 6 nitrogen and oxygen atoms in total. The maximum Gasteiger partial charge on any atom is 0.338 e. The normalized spacial score (nSPS) is 11.5. The Hall–Kier alpha value is -3.42. The SMILES string of the molecule is CC(C)(C)OC(=O)c1ccc(NC(=O)c2cc(Cl)c3nc(-c4c(F)cccc4Cl)[nH]c3c2)cc1. The molecule has 0 radical (unpaired) electrons. The van der Waals surface area contributed by atoms with Crippen LogP contribution in [-0.4, -0.2) is 27.4 Å². The summed E-state index contributed by atoms with van der Waals surface area (Å²) >= 11 is 12.5. The van der Waals surface area contributed by atoms with E-state index in [1.165, 1.54) is 18.2 Å². The topological polar surface area (TPSA) is 84.1 Å². The third-order valence-electron chi connectivity index (χ3n) is 4.78. The Morgan fingerprint density at radius 1 is 1.00 bits per heavy atom. The highest BCUT2D eigenvalue weighted by atomic mass is 35.5. The number of H-pyrrole nitrogens is 1. The van der Waals surface area contributed by atoms with Crippen LogP contribution in [-0.2, 0) is 4.74 Å². The highest BCUT2D eigenvalue weighted by Crippen LogP contribution is 2.32. The summed E-state index contributed by atoms with van der Waals surface area (Å²) in [5.41, 5.74) is 1.47. The van der Waals surface area contributed by atoms with Crippen molar-refractivity contribution >= 4 is 51.8 Å². The van der Waals surface area contributed by atoms with Crippen LogP contribution in [0.2, 0.25) is 10.0 Å². The third-order valence-corrected chi connectivity index (χ3v) is 5.38. The van der Waals surface area contributed by atoms with Crippen LogP contribution in [0.3, 0.4) is 0 Å². The van der Waals surface area contributed by atoms with E-state index in [4.69, 9.17) is 27.9 Å². The van der Waals surface area contributed by atoms with Gasteiger partial charge in [-0.05, 0) is 69.3 Å². The lowest BCUT2D eigenvalue weighted by atomic mass is 10.1. The van der Waals surface area contributed by atoms with Gasteiger partial charge in [0.05, 0.1) is 26.7 Å². The van der Waals surface area contributed by atoms with E-state index in [-0.39, 0.29) is 27.0 Å². The first kappa shape index (κ1) is 23.7. The van der Waals surface area contributed by atoms with Crippen molar-refractivity contribution in [3.8, 4) is 11.4 Å². The number of ether oxygens (including phenoxy) is 1. The summed E-state index contributed by atoms with van der Waals surface area (Å²) in [5, 5.41) is 3.17. The Kier molecular flexibility index (Phi) is 6.34. The second-order valence-corrected chi connectivity index (χ2v) is 9.38. The van der Waals surface area contributed by atoms with E-state index >= 15 is 0 Å². The number of fused-ring (bicyclic) bond motifs is 1. The Bertz CT molecular complexity index is 1390. The average Bonchev–Trinajstić information content (AvgIpc) is 3.17. The number of benzene rings is 3. The summed E-state index contributed by atoms with van der Waals surface area (Å²) in [6.07, 6.45) is 0. The highest BCUT2D eigenvalue weighted by Gasteiger charge is 2.19. The summed E-state index contributed by atoms with van der Waals surface area (Å²) in [5.74, 6) is -1.20. The minimum absolute atomic E-state index is 0.118. The zero-order valence-electron chi connectivity index (χ0n) is 18.5. The lowest BCUT2D eigenvalue weighted by molar-refractivity contribution is 0.00695. The number of anilines is 1. The number of esters is 1. The molecule has 34 heavy (non-hydrogen) atoms. The lowest BCUT2D eigenvalue weighted by Gasteiger charge is -2.19. The molecule has 0 saturated heterocycles. The van der Waals surface area contributed by atoms with Crippen molar-refractivity contribution in [1.82, 2.24) is 9.97 Å². The van der Waals surface area contributed by atoms with Crippen LogP contribution >= 0.6 is 23.2 Å². The van der Waals surface area contributed by atoms with Gasteiger partial charge in [-0.15, -0.1) is 0 Å². The molecule has 174 valence electrons. The molecule has 2 N–H and O–H groups in total. The quantitative estimate of drug-likeness (QED) is 0.299. The monoisotopic (exact) mass is 499 g/mol. The van der Waals surface area contributed by atoms with Gasteiger partial charge >= 0.3 is 5.97 Å². The fourth-order valence-corrected chi connectivity index (χ4v) is 3.79. The number of imidazole rings is 1. The third kappa shape index (κ3) is 5.05. The molecule has 0 fully saturated rings. The maximum atomic E-state index is 14.3. The first-order valence-corrected chi connectivity index (χ1v) is 11.1. The van der Waals surface area contributed by atoms with Crippen molar-refractivity contribution in [3.63, 3.8) is 0 Å². The molecule has 1 aromatic heterocycles. The fraction of sp³-hybridized carbons (Fsp3) is 0.160. The number of rotatable bonds is 4. The van der Waals surface area contributed by atoms with Gasteiger partial charge in [0.15, 0.2) is 0 Å². The number of amides is 1. The van der Waals surface area contributed by atoms with Gasteiger partial charge in [0.1, 0.15) is 22.8 Å². The van der Waals surface area contributed by atoms with Crippen molar-refractivity contribution in [3.05, 3.63) is 81.6 Å². The second kappa shape index (κ2) is 9.08. The van der Waals surface area contributed by atoms with Gasteiger partial charge in [-0.3, -0.25) is 4.79 Å². The first-order valence-electron chi connectivity index (χ1n) is 10.3.